The molecule has 6 nitrogen and oxygen atoms in total. The van der Waals surface area contributed by atoms with Gasteiger partial charge in [-0.3, -0.25) is 14.5 Å². The van der Waals surface area contributed by atoms with Crippen LogP contribution in [0.2, 0.25) is 0 Å². The molecule has 1 aromatic rings. The van der Waals surface area contributed by atoms with Gasteiger partial charge in [0, 0.05) is 39.3 Å². The molecule has 0 aromatic heterocycles. The number of ether oxygens (including phenoxy) is 1. The molecule has 6 heteroatoms. The van der Waals surface area contributed by atoms with Gasteiger partial charge in [0.05, 0.1) is 6.54 Å². The molecule has 26 heavy (non-hydrogen) atoms. The topological polar surface area (TPSA) is 53.1 Å². The summed E-state index contributed by atoms with van der Waals surface area (Å²) in [5, 5.41) is 0. The molecule has 0 saturated carbocycles. The lowest BCUT2D eigenvalue weighted by Gasteiger charge is -2.35. The zero-order valence-electron chi connectivity index (χ0n) is 15.7. The van der Waals surface area contributed by atoms with Gasteiger partial charge in [-0.2, -0.15) is 0 Å². The highest BCUT2D eigenvalue weighted by molar-refractivity contribution is 5.79. The number of rotatable bonds is 6. The first-order chi connectivity index (χ1) is 12.7. The number of likely N-dealkylation sites (tertiary alicyclic amines) is 1. The third kappa shape index (κ3) is 4.97. The Morgan fingerprint density at radius 2 is 1.50 bits per heavy atom. The number of carbonyl (C=O) groups excluding carboxylic acids is 2. The Morgan fingerprint density at radius 1 is 0.885 bits per heavy atom. The van der Waals surface area contributed by atoms with E-state index in [1.807, 2.05) is 34.1 Å². The first-order valence-corrected chi connectivity index (χ1v) is 9.65. The number of hydrogen-bond donors (Lipinski definition) is 0. The van der Waals surface area contributed by atoms with Gasteiger partial charge in [-0.05, 0) is 37.0 Å². The number of amides is 2. The normalized spacial score (nSPS) is 18.2. The predicted molar refractivity (Wildman–Crippen MR) is 100 cm³/mol. The molecule has 0 spiro atoms. The number of hydrogen-bond acceptors (Lipinski definition) is 4. The summed E-state index contributed by atoms with van der Waals surface area (Å²) in [6.45, 7) is 7.25. The van der Waals surface area contributed by atoms with E-state index in [-0.39, 0.29) is 18.4 Å². The van der Waals surface area contributed by atoms with Gasteiger partial charge in [-0.25, -0.2) is 0 Å². The molecular weight excluding hydrogens is 330 g/mol. The molecule has 0 aliphatic carbocycles. The fourth-order valence-electron chi connectivity index (χ4n) is 3.47. The summed E-state index contributed by atoms with van der Waals surface area (Å²) in [6, 6.07) is 7.87. The Bertz CT molecular complexity index is 603. The van der Waals surface area contributed by atoms with Gasteiger partial charge in [0.15, 0.2) is 6.61 Å². The van der Waals surface area contributed by atoms with Gasteiger partial charge in [-0.1, -0.05) is 19.1 Å². The zero-order valence-corrected chi connectivity index (χ0v) is 15.7. The molecule has 1 aromatic carbocycles. The van der Waals surface area contributed by atoms with Crippen molar-refractivity contribution in [3.63, 3.8) is 0 Å². The molecule has 2 saturated heterocycles. The highest BCUT2D eigenvalue weighted by Crippen LogP contribution is 2.13. The molecule has 2 heterocycles. The second kappa shape index (κ2) is 9.03. The van der Waals surface area contributed by atoms with Crippen LogP contribution in [0.15, 0.2) is 24.3 Å². The number of nitrogens with zero attached hydrogens (tertiary/aromatic N) is 3. The number of carbonyl (C=O) groups is 2. The van der Waals surface area contributed by atoms with Crippen molar-refractivity contribution in [3.05, 3.63) is 29.8 Å². The summed E-state index contributed by atoms with van der Waals surface area (Å²) in [5.41, 5.74) is 1.25. The molecule has 0 radical (unpaired) electrons. The van der Waals surface area contributed by atoms with Crippen LogP contribution >= 0.6 is 0 Å². The van der Waals surface area contributed by atoms with E-state index in [1.165, 1.54) is 5.56 Å². The lowest BCUT2D eigenvalue weighted by Crippen LogP contribution is -2.52. The van der Waals surface area contributed by atoms with Crippen molar-refractivity contribution >= 4 is 11.8 Å². The second-order valence-electron chi connectivity index (χ2n) is 7.03. The molecule has 2 fully saturated rings. The average molecular weight is 359 g/mol. The largest absolute Gasteiger partial charge is 0.484 e. The minimum absolute atomic E-state index is 0.00934. The van der Waals surface area contributed by atoms with E-state index in [4.69, 9.17) is 4.74 Å². The highest BCUT2D eigenvalue weighted by Gasteiger charge is 2.25. The van der Waals surface area contributed by atoms with Crippen molar-refractivity contribution in [1.29, 1.82) is 0 Å². The molecule has 2 aliphatic heterocycles. The molecule has 0 bridgehead atoms. The van der Waals surface area contributed by atoms with Crippen LogP contribution in [0.25, 0.3) is 0 Å². The maximum absolute atomic E-state index is 12.3. The van der Waals surface area contributed by atoms with Gasteiger partial charge in [0.1, 0.15) is 5.75 Å². The van der Waals surface area contributed by atoms with E-state index in [9.17, 15) is 9.59 Å². The van der Waals surface area contributed by atoms with E-state index >= 15 is 0 Å². The van der Waals surface area contributed by atoms with Crippen molar-refractivity contribution in [3.8, 4) is 5.75 Å². The summed E-state index contributed by atoms with van der Waals surface area (Å²) in [7, 11) is 0. The summed E-state index contributed by atoms with van der Waals surface area (Å²) in [5.74, 6) is 0.960. The quantitative estimate of drug-likeness (QED) is 0.770. The molecule has 0 N–H and O–H groups in total. The Balaban J connectivity index is 1.38. The van der Waals surface area contributed by atoms with Crippen LogP contribution in [0.5, 0.6) is 5.75 Å². The van der Waals surface area contributed by atoms with Crippen LogP contribution in [0.4, 0.5) is 0 Å². The maximum Gasteiger partial charge on any atom is 0.260 e. The number of aryl methyl sites for hydroxylation is 1. The number of benzene rings is 1. The van der Waals surface area contributed by atoms with E-state index < -0.39 is 0 Å². The van der Waals surface area contributed by atoms with E-state index in [0.29, 0.717) is 19.6 Å². The summed E-state index contributed by atoms with van der Waals surface area (Å²) in [4.78, 5) is 30.5. The van der Waals surface area contributed by atoms with Gasteiger partial charge in [-0.15, -0.1) is 0 Å². The molecule has 0 unspecified atom stereocenters. The minimum Gasteiger partial charge on any atom is -0.484 e. The predicted octanol–water partition coefficient (Wildman–Crippen LogP) is 1.39. The minimum atomic E-state index is 0.00934. The summed E-state index contributed by atoms with van der Waals surface area (Å²) in [6.07, 6.45) is 3.23. The smallest absolute Gasteiger partial charge is 0.260 e. The Morgan fingerprint density at radius 3 is 2.12 bits per heavy atom. The lowest BCUT2D eigenvalue weighted by atomic mass is 10.2. The summed E-state index contributed by atoms with van der Waals surface area (Å²) >= 11 is 0. The van der Waals surface area contributed by atoms with Crippen LogP contribution in [0.3, 0.4) is 0 Å². The fourth-order valence-corrected chi connectivity index (χ4v) is 3.47. The van der Waals surface area contributed by atoms with Crippen LogP contribution in [0, 0.1) is 0 Å². The molecule has 2 aliphatic rings. The molecular formula is C20H29N3O3. The standard InChI is InChI=1S/C20H29N3O3/c1-2-17-5-7-18(8-6-17)26-16-20(25)23-13-11-21(12-14-23)15-19(24)22-9-3-4-10-22/h5-8H,2-4,9-16H2,1H3. The monoisotopic (exact) mass is 359 g/mol. The highest BCUT2D eigenvalue weighted by atomic mass is 16.5. The van der Waals surface area contributed by atoms with E-state index in [0.717, 1.165) is 51.2 Å². The van der Waals surface area contributed by atoms with Crippen molar-refractivity contribution in [2.24, 2.45) is 0 Å². The lowest BCUT2D eigenvalue weighted by molar-refractivity contribution is -0.136. The van der Waals surface area contributed by atoms with E-state index in [2.05, 4.69) is 11.8 Å². The van der Waals surface area contributed by atoms with Gasteiger partial charge < -0.3 is 14.5 Å². The first kappa shape index (κ1) is 18.7. The molecule has 142 valence electrons. The zero-order chi connectivity index (χ0) is 18.4. The van der Waals surface area contributed by atoms with Crippen LogP contribution in [-0.4, -0.2) is 78.9 Å². The van der Waals surface area contributed by atoms with Crippen molar-refractivity contribution in [2.75, 3.05) is 52.4 Å². The third-order valence-corrected chi connectivity index (χ3v) is 5.24. The van der Waals surface area contributed by atoms with Crippen molar-refractivity contribution in [1.82, 2.24) is 14.7 Å². The Hall–Kier alpha value is -2.08. The second-order valence-corrected chi connectivity index (χ2v) is 7.03. The average Bonchev–Trinajstić information content (AvgIpc) is 3.22. The van der Waals surface area contributed by atoms with Crippen LogP contribution in [0.1, 0.15) is 25.3 Å². The van der Waals surface area contributed by atoms with Crippen LogP contribution < -0.4 is 4.74 Å². The molecule has 0 atom stereocenters. The summed E-state index contributed by atoms with van der Waals surface area (Å²) < 4.78 is 5.61. The van der Waals surface area contributed by atoms with Gasteiger partial charge in [0.25, 0.3) is 5.91 Å². The first-order valence-electron chi connectivity index (χ1n) is 9.65. The van der Waals surface area contributed by atoms with Gasteiger partial charge in [0.2, 0.25) is 5.91 Å². The van der Waals surface area contributed by atoms with Crippen LogP contribution in [-0.2, 0) is 16.0 Å². The third-order valence-electron chi connectivity index (χ3n) is 5.24. The van der Waals surface area contributed by atoms with Gasteiger partial charge >= 0.3 is 0 Å². The Labute approximate surface area is 155 Å². The maximum atomic E-state index is 12.3. The van der Waals surface area contributed by atoms with E-state index in [1.54, 1.807) is 0 Å². The SMILES string of the molecule is CCc1ccc(OCC(=O)N2CCN(CC(=O)N3CCCC3)CC2)cc1. The fraction of sp³-hybridized carbons (Fsp3) is 0.600. The Kier molecular flexibility index (Phi) is 6.50. The molecule has 3 rings (SSSR count). The number of piperazine rings is 1. The van der Waals surface area contributed by atoms with Crippen molar-refractivity contribution in [2.45, 2.75) is 26.2 Å². The molecule has 2 amide bonds. The van der Waals surface area contributed by atoms with Crippen molar-refractivity contribution < 1.29 is 14.3 Å².